The minimum Gasteiger partial charge on any atom is -0.426 e. The summed E-state index contributed by atoms with van der Waals surface area (Å²) in [6.45, 7) is 1.86. The monoisotopic (exact) mass is 427 g/mol. The average Bonchev–Trinajstić information content (AvgIpc) is 3.14. The summed E-state index contributed by atoms with van der Waals surface area (Å²) in [7, 11) is 1.51. The first-order chi connectivity index (χ1) is 14.9. The molecule has 0 unspecified atom stereocenters. The number of nitrogens with zero attached hydrogens (tertiary/aromatic N) is 2. The highest BCUT2D eigenvalue weighted by atomic mass is 19.1. The third-order valence-corrected chi connectivity index (χ3v) is 5.35. The number of rotatable bonds is 4. The van der Waals surface area contributed by atoms with Crippen molar-refractivity contribution in [3.63, 3.8) is 0 Å². The van der Waals surface area contributed by atoms with E-state index in [4.69, 9.17) is 9.47 Å². The highest BCUT2D eigenvalue weighted by Crippen LogP contribution is 2.29. The van der Waals surface area contributed by atoms with Crippen molar-refractivity contribution in [3.05, 3.63) is 53.3 Å². The predicted molar refractivity (Wildman–Crippen MR) is 110 cm³/mol. The number of piperazine rings is 1. The van der Waals surface area contributed by atoms with E-state index >= 15 is 0 Å². The van der Waals surface area contributed by atoms with Gasteiger partial charge in [0.2, 0.25) is 0 Å². The summed E-state index contributed by atoms with van der Waals surface area (Å²) in [6, 6.07) is 9.82. The molecule has 2 heterocycles. The van der Waals surface area contributed by atoms with Crippen molar-refractivity contribution in [1.82, 2.24) is 4.90 Å². The topological polar surface area (TPSA) is 88.2 Å². The van der Waals surface area contributed by atoms with Crippen LogP contribution in [-0.2, 0) is 32.1 Å². The molecular weight excluding hydrogens is 405 g/mol. The van der Waals surface area contributed by atoms with Crippen LogP contribution in [0.2, 0.25) is 0 Å². The zero-order chi connectivity index (χ0) is 22.0. The highest BCUT2D eigenvalue weighted by Gasteiger charge is 2.27. The minimum absolute atomic E-state index is 0.200. The number of amides is 2. The molecule has 31 heavy (non-hydrogen) atoms. The summed E-state index contributed by atoms with van der Waals surface area (Å²) >= 11 is 0. The molecule has 1 N–H and O–H groups in total. The Bertz CT molecular complexity index is 1030. The highest BCUT2D eigenvalue weighted by molar-refractivity contribution is 6.39. The van der Waals surface area contributed by atoms with Crippen LogP contribution in [0, 0.1) is 5.82 Å². The van der Waals surface area contributed by atoms with E-state index in [1.807, 2.05) is 11.0 Å². The third-order valence-electron chi connectivity index (χ3n) is 5.35. The van der Waals surface area contributed by atoms with E-state index in [9.17, 15) is 18.8 Å². The maximum Gasteiger partial charge on any atom is 0.315 e. The SMILES string of the molecule is COCc1ccc(N2CCN(C(=O)C(=O)Nc3ccc4c(c3)OC(=O)C4)CC2)cc1F. The molecule has 0 aliphatic carbocycles. The maximum atomic E-state index is 14.2. The van der Waals surface area contributed by atoms with E-state index in [2.05, 4.69) is 5.32 Å². The average molecular weight is 427 g/mol. The van der Waals surface area contributed by atoms with Gasteiger partial charge in [-0.15, -0.1) is 0 Å². The second-order valence-electron chi connectivity index (χ2n) is 7.42. The quantitative estimate of drug-likeness (QED) is 0.454. The van der Waals surface area contributed by atoms with Crippen LogP contribution in [0.25, 0.3) is 0 Å². The van der Waals surface area contributed by atoms with Crippen molar-refractivity contribution in [3.8, 4) is 5.75 Å². The molecule has 2 aromatic carbocycles. The lowest BCUT2D eigenvalue weighted by Gasteiger charge is -2.35. The van der Waals surface area contributed by atoms with Gasteiger partial charge in [-0.05, 0) is 18.2 Å². The summed E-state index contributed by atoms with van der Waals surface area (Å²) < 4.78 is 24.2. The second kappa shape index (κ2) is 8.73. The molecule has 8 nitrogen and oxygen atoms in total. The van der Waals surface area contributed by atoms with Crippen molar-refractivity contribution in [1.29, 1.82) is 0 Å². The van der Waals surface area contributed by atoms with Gasteiger partial charge >= 0.3 is 17.8 Å². The molecule has 0 saturated carbocycles. The molecule has 162 valence electrons. The number of carbonyl (C=O) groups excluding carboxylic acids is 3. The number of hydrogen-bond acceptors (Lipinski definition) is 6. The van der Waals surface area contributed by atoms with Crippen LogP contribution in [0.3, 0.4) is 0 Å². The summed E-state index contributed by atoms with van der Waals surface area (Å²) in [6.07, 6.45) is 0.200. The zero-order valence-corrected chi connectivity index (χ0v) is 17.0. The Labute approximate surface area is 178 Å². The fourth-order valence-corrected chi connectivity index (χ4v) is 3.69. The Morgan fingerprint density at radius 1 is 1.13 bits per heavy atom. The van der Waals surface area contributed by atoms with E-state index in [0.717, 1.165) is 11.3 Å². The van der Waals surface area contributed by atoms with Gasteiger partial charge in [0.15, 0.2) is 0 Å². The lowest BCUT2D eigenvalue weighted by molar-refractivity contribution is -0.143. The standard InChI is InChI=1S/C22H22FN3O5/c1-30-13-15-3-5-17(12-18(15)23)25-6-8-26(9-7-25)22(29)21(28)24-16-4-2-14-10-20(27)31-19(14)11-16/h2-5,11-12H,6-10,13H2,1H3,(H,24,28). The molecule has 0 atom stereocenters. The smallest absolute Gasteiger partial charge is 0.315 e. The largest absolute Gasteiger partial charge is 0.426 e. The van der Waals surface area contributed by atoms with Crippen LogP contribution in [0.4, 0.5) is 15.8 Å². The summed E-state index contributed by atoms with van der Waals surface area (Å²) in [5, 5.41) is 2.56. The van der Waals surface area contributed by atoms with Crippen LogP contribution >= 0.6 is 0 Å². The molecule has 4 rings (SSSR count). The zero-order valence-electron chi connectivity index (χ0n) is 17.0. The van der Waals surface area contributed by atoms with E-state index in [-0.39, 0.29) is 24.8 Å². The number of fused-ring (bicyclic) bond motifs is 1. The van der Waals surface area contributed by atoms with Gasteiger partial charge in [-0.1, -0.05) is 12.1 Å². The molecule has 0 radical (unpaired) electrons. The molecule has 2 amide bonds. The molecule has 0 aromatic heterocycles. The Kier molecular flexibility index (Phi) is 5.85. The number of methoxy groups -OCH3 is 1. The Balaban J connectivity index is 1.33. The van der Waals surface area contributed by atoms with E-state index < -0.39 is 11.8 Å². The molecule has 0 spiro atoms. The van der Waals surface area contributed by atoms with Crippen molar-refractivity contribution in [2.45, 2.75) is 13.0 Å². The fraction of sp³-hybridized carbons (Fsp3) is 0.318. The minimum atomic E-state index is -0.757. The molecule has 2 aromatic rings. The van der Waals surface area contributed by atoms with E-state index in [1.165, 1.54) is 24.1 Å². The van der Waals surface area contributed by atoms with Crippen LogP contribution in [-0.4, -0.2) is 56.0 Å². The molecule has 2 aliphatic rings. The summed E-state index contributed by atoms with van der Waals surface area (Å²) in [5.74, 6) is -1.68. The lowest BCUT2D eigenvalue weighted by Crippen LogP contribution is -2.51. The summed E-state index contributed by atoms with van der Waals surface area (Å²) in [4.78, 5) is 39.7. The van der Waals surface area contributed by atoms with E-state index in [0.29, 0.717) is 43.2 Å². The number of esters is 1. The molecule has 2 aliphatic heterocycles. The summed E-state index contributed by atoms with van der Waals surface area (Å²) in [5.41, 5.74) is 2.34. The van der Waals surface area contributed by atoms with Crippen LogP contribution in [0.15, 0.2) is 36.4 Å². The van der Waals surface area contributed by atoms with Crippen molar-refractivity contribution in [2.75, 3.05) is 43.5 Å². The van der Waals surface area contributed by atoms with Gasteiger partial charge in [0.05, 0.1) is 13.0 Å². The number of anilines is 2. The van der Waals surface area contributed by atoms with Gasteiger partial charge in [-0.3, -0.25) is 14.4 Å². The number of halogens is 1. The van der Waals surface area contributed by atoms with Crippen LogP contribution in [0.1, 0.15) is 11.1 Å². The van der Waals surface area contributed by atoms with Crippen LogP contribution in [0.5, 0.6) is 5.75 Å². The fourth-order valence-electron chi connectivity index (χ4n) is 3.69. The van der Waals surface area contributed by atoms with Crippen molar-refractivity contribution in [2.24, 2.45) is 0 Å². The van der Waals surface area contributed by atoms with Gasteiger partial charge in [-0.2, -0.15) is 0 Å². The predicted octanol–water partition coefficient (Wildman–Crippen LogP) is 1.72. The Morgan fingerprint density at radius 2 is 1.90 bits per heavy atom. The molecule has 9 heteroatoms. The first-order valence-corrected chi connectivity index (χ1v) is 9.91. The van der Waals surface area contributed by atoms with Gasteiger partial charge in [-0.25, -0.2) is 4.39 Å². The number of carbonyl (C=O) groups is 3. The maximum absolute atomic E-state index is 14.2. The normalized spacial score (nSPS) is 15.5. The van der Waals surface area contributed by atoms with Crippen molar-refractivity contribution < 1.29 is 28.2 Å². The molecule has 1 saturated heterocycles. The Hall–Kier alpha value is -3.46. The Morgan fingerprint density at radius 3 is 2.61 bits per heavy atom. The van der Waals surface area contributed by atoms with Gasteiger partial charge in [0, 0.05) is 61.9 Å². The lowest BCUT2D eigenvalue weighted by atomic mass is 10.1. The van der Waals surface area contributed by atoms with Gasteiger partial charge in [0.25, 0.3) is 0 Å². The third kappa shape index (κ3) is 4.51. The molecule has 1 fully saturated rings. The van der Waals surface area contributed by atoms with E-state index in [1.54, 1.807) is 18.2 Å². The number of nitrogens with one attached hydrogen (secondary N) is 1. The molecular formula is C22H22FN3O5. The van der Waals surface area contributed by atoms with Crippen molar-refractivity contribution >= 4 is 29.2 Å². The van der Waals surface area contributed by atoms with Gasteiger partial charge < -0.3 is 24.6 Å². The first kappa shape index (κ1) is 20.8. The number of hydrogen-bond donors (Lipinski definition) is 1. The molecule has 0 bridgehead atoms. The number of benzene rings is 2. The van der Waals surface area contributed by atoms with Crippen LogP contribution < -0.4 is 15.0 Å². The second-order valence-corrected chi connectivity index (χ2v) is 7.42. The number of ether oxygens (including phenoxy) is 2. The van der Waals surface area contributed by atoms with Gasteiger partial charge in [0.1, 0.15) is 11.6 Å². The first-order valence-electron chi connectivity index (χ1n) is 9.91.